The van der Waals surface area contributed by atoms with E-state index in [1.807, 2.05) is 54.6 Å². The highest BCUT2D eigenvalue weighted by atomic mass is 32.1. The number of amides is 1. The first-order chi connectivity index (χ1) is 14.8. The van der Waals surface area contributed by atoms with Gasteiger partial charge >= 0.3 is 5.97 Å². The van der Waals surface area contributed by atoms with Crippen LogP contribution in [0.3, 0.4) is 0 Å². The number of nitrogens with zero attached hydrogens (tertiary/aromatic N) is 1. The van der Waals surface area contributed by atoms with Gasteiger partial charge in [-0.2, -0.15) is 0 Å². The van der Waals surface area contributed by atoms with E-state index in [1.54, 1.807) is 17.4 Å². The first-order valence-electron chi connectivity index (χ1n) is 9.83. The number of para-hydroxylation sites is 1. The second-order valence-corrected chi connectivity index (χ2v) is 10.2. The number of rotatable bonds is 5. The molecule has 0 saturated heterocycles. The van der Waals surface area contributed by atoms with E-state index in [-0.39, 0.29) is 17.9 Å². The van der Waals surface area contributed by atoms with Crippen LogP contribution in [0.2, 0.25) is 0 Å². The molecule has 31 heavy (non-hydrogen) atoms. The number of carbonyl (C=O) groups is 2. The maximum absolute atomic E-state index is 12.4. The lowest BCUT2D eigenvalue weighted by Crippen LogP contribution is -2.20. The smallest absolute Gasteiger partial charge is 0.348 e. The van der Waals surface area contributed by atoms with Crippen molar-refractivity contribution < 1.29 is 14.3 Å². The number of hydrogen-bond acceptors (Lipinski definition) is 6. The molecule has 0 fully saturated rings. The molecule has 4 aromatic rings. The Morgan fingerprint density at radius 2 is 1.71 bits per heavy atom. The zero-order valence-electron chi connectivity index (χ0n) is 17.5. The number of thiazole rings is 1. The molecule has 1 amide bonds. The van der Waals surface area contributed by atoms with Crippen LogP contribution >= 0.6 is 22.7 Å². The summed E-state index contributed by atoms with van der Waals surface area (Å²) in [4.78, 5) is 30.5. The van der Waals surface area contributed by atoms with E-state index in [4.69, 9.17) is 4.74 Å². The maximum atomic E-state index is 12.4. The molecule has 5 nitrogen and oxygen atoms in total. The third kappa shape index (κ3) is 5.00. The van der Waals surface area contributed by atoms with Crippen LogP contribution in [0.5, 0.6) is 0 Å². The third-order valence-corrected chi connectivity index (χ3v) is 6.95. The van der Waals surface area contributed by atoms with E-state index in [9.17, 15) is 9.59 Å². The molecule has 2 aromatic heterocycles. The molecule has 0 aliphatic carbocycles. The number of thiophene rings is 1. The molecule has 7 heteroatoms. The molecule has 158 valence electrons. The summed E-state index contributed by atoms with van der Waals surface area (Å²) in [6.45, 7) is 6.06. The average molecular weight is 451 g/mol. The molecule has 0 bridgehead atoms. The van der Waals surface area contributed by atoms with Crippen molar-refractivity contribution in [3.8, 4) is 9.88 Å². The molecular formula is C24H22N2O3S2. The van der Waals surface area contributed by atoms with Crippen LogP contribution in [0, 0.1) is 0 Å². The number of esters is 1. The molecule has 0 spiro atoms. The van der Waals surface area contributed by atoms with Crippen molar-refractivity contribution in [2.45, 2.75) is 26.2 Å². The van der Waals surface area contributed by atoms with Crippen molar-refractivity contribution >= 4 is 50.5 Å². The lowest BCUT2D eigenvalue weighted by molar-refractivity contribution is -0.119. The van der Waals surface area contributed by atoms with Crippen LogP contribution < -0.4 is 5.32 Å². The molecule has 1 N–H and O–H groups in total. The molecule has 4 rings (SSSR count). The van der Waals surface area contributed by atoms with E-state index in [1.165, 1.54) is 16.9 Å². The number of carbonyl (C=O) groups excluding carboxylic acids is 2. The Bertz CT molecular complexity index is 1200. The van der Waals surface area contributed by atoms with Crippen molar-refractivity contribution in [3.05, 3.63) is 71.1 Å². The summed E-state index contributed by atoms with van der Waals surface area (Å²) in [5, 5.41) is 3.61. The average Bonchev–Trinajstić information content (AvgIpc) is 3.39. The zero-order chi connectivity index (χ0) is 22.0. The molecule has 2 aromatic carbocycles. The van der Waals surface area contributed by atoms with Crippen LogP contribution in [-0.2, 0) is 14.9 Å². The molecule has 2 heterocycles. The number of fused-ring (bicyclic) bond motifs is 1. The SMILES string of the molecule is CC(C)(C)c1ccc(NC(=O)COC(=O)c2ccc(-c3nc4ccccc4s3)s2)cc1. The van der Waals surface area contributed by atoms with Gasteiger partial charge in [0.2, 0.25) is 0 Å². The van der Waals surface area contributed by atoms with Crippen LogP contribution in [-0.4, -0.2) is 23.5 Å². The van der Waals surface area contributed by atoms with Crippen molar-refractivity contribution in [1.82, 2.24) is 4.98 Å². The summed E-state index contributed by atoms with van der Waals surface area (Å²) in [6.07, 6.45) is 0. The minimum absolute atomic E-state index is 0.0446. The topological polar surface area (TPSA) is 68.3 Å². The summed E-state index contributed by atoms with van der Waals surface area (Å²) >= 11 is 2.89. The number of hydrogen-bond donors (Lipinski definition) is 1. The Kier molecular flexibility index (Phi) is 5.89. The Morgan fingerprint density at radius 1 is 0.968 bits per heavy atom. The Hall–Kier alpha value is -3.03. The van der Waals surface area contributed by atoms with Gasteiger partial charge in [0, 0.05) is 5.69 Å². The molecule has 0 radical (unpaired) electrons. The zero-order valence-corrected chi connectivity index (χ0v) is 19.1. The van der Waals surface area contributed by atoms with Gasteiger partial charge in [-0.1, -0.05) is 45.0 Å². The fraction of sp³-hybridized carbons (Fsp3) is 0.208. The van der Waals surface area contributed by atoms with Crippen LogP contribution in [0.25, 0.3) is 20.1 Å². The second-order valence-electron chi connectivity index (χ2n) is 8.10. The summed E-state index contributed by atoms with van der Waals surface area (Å²) in [7, 11) is 0. The minimum atomic E-state index is -0.518. The summed E-state index contributed by atoms with van der Waals surface area (Å²) in [5.41, 5.74) is 2.83. The van der Waals surface area contributed by atoms with Gasteiger partial charge in [0.05, 0.1) is 15.1 Å². The number of benzene rings is 2. The quantitative estimate of drug-likeness (QED) is 0.372. The summed E-state index contributed by atoms with van der Waals surface area (Å²) < 4.78 is 6.29. The number of anilines is 1. The van der Waals surface area contributed by atoms with Crippen molar-refractivity contribution in [2.24, 2.45) is 0 Å². The molecule has 0 unspecified atom stereocenters. The van der Waals surface area contributed by atoms with Crippen molar-refractivity contribution in [1.29, 1.82) is 0 Å². The van der Waals surface area contributed by atoms with Gasteiger partial charge in [-0.05, 0) is 47.4 Å². The standard InChI is InChI=1S/C24H22N2O3S2/c1-24(2,3)15-8-10-16(11-9-15)25-21(27)14-29-23(28)20-13-12-19(30-20)22-26-17-6-4-5-7-18(17)31-22/h4-13H,14H2,1-3H3,(H,25,27). The Labute approximate surface area is 188 Å². The highest BCUT2D eigenvalue weighted by Gasteiger charge is 2.16. The van der Waals surface area contributed by atoms with Gasteiger partial charge in [0.15, 0.2) is 6.61 Å². The van der Waals surface area contributed by atoms with E-state index < -0.39 is 5.97 Å². The number of nitrogens with one attached hydrogen (secondary N) is 1. The van der Waals surface area contributed by atoms with Gasteiger partial charge in [0.25, 0.3) is 5.91 Å². The largest absolute Gasteiger partial charge is 0.451 e. The predicted molar refractivity (Wildman–Crippen MR) is 127 cm³/mol. The second kappa shape index (κ2) is 8.61. The van der Waals surface area contributed by atoms with Gasteiger partial charge in [-0.3, -0.25) is 4.79 Å². The molecule has 0 atom stereocenters. The van der Waals surface area contributed by atoms with Crippen LogP contribution in [0.1, 0.15) is 36.0 Å². The van der Waals surface area contributed by atoms with Crippen LogP contribution in [0.4, 0.5) is 5.69 Å². The highest BCUT2D eigenvalue weighted by molar-refractivity contribution is 7.26. The van der Waals surface area contributed by atoms with Gasteiger partial charge in [0.1, 0.15) is 9.88 Å². The predicted octanol–water partition coefficient (Wildman–Crippen LogP) is 6.12. The van der Waals surface area contributed by atoms with Gasteiger partial charge in [-0.15, -0.1) is 22.7 Å². The van der Waals surface area contributed by atoms with Crippen molar-refractivity contribution in [2.75, 3.05) is 11.9 Å². The Morgan fingerprint density at radius 3 is 2.42 bits per heavy atom. The van der Waals surface area contributed by atoms with E-state index >= 15 is 0 Å². The molecule has 0 aliphatic rings. The summed E-state index contributed by atoms with van der Waals surface area (Å²) in [6, 6.07) is 19.1. The minimum Gasteiger partial charge on any atom is -0.451 e. The van der Waals surface area contributed by atoms with E-state index in [2.05, 4.69) is 31.1 Å². The highest BCUT2D eigenvalue weighted by Crippen LogP contribution is 2.34. The molecule has 0 saturated carbocycles. The van der Waals surface area contributed by atoms with Crippen molar-refractivity contribution in [3.63, 3.8) is 0 Å². The number of ether oxygens (including phenoxy) is 1. The molecule has 0 aliphatic heterocycles. The van der Waals surface area contributed by atoms with Crippen LogP contribution in [0.15, 0.2) is 60.7 Å². The summed E-state index contributed by atoms with van der Waals surface area (Å²) in [5.74, 6) is -0.893. The van der Waals surface area contributed by atoms with E-state index in [0.29, 0.717) is 10.6 Å². The normalized spacial score (nSPS) is 11.5. The van der Waals surface area contributed by atoms with E-state index in [0.717, 1.165) is 20.1 Å². The molecular weight excluding hydrogens is 428 g/mol. The lowest BCUT2D eigenvalue weighted by Gasteiger charge is -2.19. The first-order valence-corrected chi connectivity index (χ1v) is 11.5. The number of aromatic nitrogens is 1. The monoisotopic (exact) mass is 450 g/mol. The Balaban J connectivity index is 1.34. The lowest BCUT2D eigenvalue weighted by atomic mass is 9.87. The maximum Gasteiger partial charge on any atom is 0.348 e. The third-order valence-electron chi connectivity index (χ3n) is 4.68. The van der Waals surface area contributed by atoms with Gasteiger partial charge < -0.3 is 10.1 Å². The fourth-order valence-corrected chi connectivity index (χ4v) is 4.91. The fourth-order valence-electron chi connectivity index (χ4n) is 2.99. The van der Waals surface area contributed by atoms with Gasteiger partial charge in [-0.25, -0.2) is 9.78 Å². The first kappa shape index (κ1) is 21.2.